The van der Waals surface area contributed by atoms with Crippen LogP contribution in [-0.4, -0.2) is 24.5 Å². The Morgan fingerprint density at radius 2 is 2.36 bits per heavy atom. The molecular formula is C10H11ClN2S. The van der Waals surface area contributed by atoms with Crippen molar-refractivity contribution in [2.75, 3.05) is 24.4 Å². The van der Waals surface area contributed by atoms with Crippen molar-refractivity contribution in [2.24, 2.45) is 0 Å². The molecule has 0 atom stereocenters. The van der Waals surface area contributed by atoms with E-state index in [4.69, 9.17) is 11.6 Å². The van der Waals surface area contributed by atoms with E-state index in [9.17, 15) is 0 Å². The summed E-state index contributed by atoms with van der Waals surface area (Å²) in [4.78, 5) is 6.46. The minimum Gasteiger partial charge on any atom is -0.358 e. The summed E-state index contributed by atoms with van der Waals surface area (Å²) >= 11 is 7.44. The van der Waals surface area contributed by atoms with Crippen molar-refractivity contribution in [3.05, 3.63) is 23.7 Å². The molecule has 0 spiro atoms. The molecule has 14 heavy (non-hydrogen) atoms. The molecule has 0 bridgehead atoms. The van der Waals surface area contributed by atoms with Crippen molar-refractivity contribution in [3.63, 3.8) is 0 Å². The zero-order chi connectivity index (χ0) is 9.97. The third kappa shape index (κ3) is 1.70. The van der Waals surface area contributed by atoms with Gasteiger partial charge in [-0.15, -0.1) is 22.9 Å². The minimum atomic E-state index is 0.624. The van der Waals surface area contributed by atoms with Crippen LogP contribution in [0.15, 0.2) is 23.7 Å². The zero-order valence-electron chi connectivity index (χ0n) is 7.90. The fourth-order valence-corrected chi connectivity index (χ4v) is 2.45. The van der Waals surface area contributed by atoms with Crippen molar-refractivity contribution in [1.82, 2.24) is 4.98 Å². The van der Waals surface area contributed by atoms with Crippen LogP contribution in [-0.2, 0) is 0 Å². The maximum Gasteiger partial charge on any atom is 0.137 e. The minimum absolute atomic E-state index is 0.624. The molecule has 0 aromatic carbocycles. The molecule has 2 aromatic rings. The van der Waals surface area contributed by atoms with E-state index in [1.54, 1.807) is 11.3 Å². The molecule has 74 valence electrons. The lowest BCUT2D eigenvalue weighted by Crippen LogP contribution is -2.20. The van der Waals surface area contributed by atoms with Gasteiger partial charge in [0.1, 0.15) is 5.82 Å². The second-order valence-corrected chi connectivity index (χ2v) is 4.40. The van der Waals surface area contributed by atoms with Gasteiger partial charge in [0.15, 0.2) is 0 Å². The summed E-state index contributed by atoms with van der Waals surface area (Å²) in [5, 5.41) is 3.30. The summed E-state index contributed by atoms with van der Waals surface area (Å²) in [6.45, 7) is 0.823. The average Bonchev–Trinajstić information content (AvgIpc) is 2.65. The van der Waals surface area contributed by atoms with E-state index in [2.05, 4.69) is 21.3 Å². The first kappa shape index (κ1) is 9.74. The van der Waals surface area contributed by atoms with Crippen LogP contribution in [0.1, 0.15) is 0 Å². The van der Waals surface area contributed by atoms with Gasteiger partial charge in [0.05, 0.1) is 0 Å². The summed E-state index contributed by atoms with van der Waals surface area (Å²) in [5.74, 6) is 1.64. The second kappa shape index (κ2) is 4.15. The van der Waals surface area contributed by atoms with Crippen LogP contribution in [0, 0.1) is 0 Å². The van der Waals surface area contributed by atoms with Gasteiger partial charge in [0, 0.05) is 35.8 Å². The molecule has 0 aliphatic rings. The topological polar surface area (TPSA) is 16.1 Å². The van der Waals surface area contributed by atoms with E-state index < -0.39 is 0 Å². The zero-order valence-corrected chi connectivity index (χ0v) is 9.48. The first-order chi connectivity index (χ1) is 6.83. The van der Waals surface area contributed by atoms with E-state index in [1.165, 1.54) is 10.1 Å². The normalized spacial score (nSPS) is 10.7. The smallest absolute Gasteiger partial charge is 0.137 e. The van der Waals surface area contributed by atoms with E-state index in [1.807, 2.05) is 19.3 Å². The number of fused-ring (bicyclic) bond motifs is 1. The van der Waals surface area contributed by atoms with Crippen LogP contribution >= 0.6 is 22.9 Å². The number of rotatable bonds is 3. The van der Waals surface area contributed by atoms with E-state index >= 15 is 0 Å². The predicted octanol–water partition coefficient (Wildman–Crippen LogP) is 2.97. The second-order valence-electron chi connectivity index (χ2n) is 3.08. The lowest BCUT2D eigenvalue weighted by atomic mass is 10.3. The lowest BCUT2D eigenvalue weighted by molar-refractivity contribution is 0.951. The molecular weight excluding hydrogens is 216 g/mol. The van der Waals surface area contributed by atoms with Crippen LogP contribution in [0.4, 0.5) is 5.82 Å². The van der Waals surface area contributed by atoms with Gasteiger partial charge in [-0.25, -0.2) is 4.98 Å². The van der Waals surface area contributed by atoms with E-state index in [-0.39, 0.29) is 0 Å². The number of pyridine rings is 1. The van der Waals surface area contributed by atoms with Crippen molar-refractivity contribution in [2.45, 2.75) is 0 Å². The molecule has 0 fully saturated rings. The molecule has 2 nitrogen and oxygen atoms in total. The van der Waals surface area contributed by atoms with Crippen LogP contribution in [0.25, 0.3) is 10.1 Å². The maximum absolute atomic E-state index is 5.70. The third-order valence-corrected chi connectivity index (χ3v) is 3.19. The number of halogens is 1. The van der Waals surface area contributed by atoms with Crippen LogP contribution in [0.2, 0.25) is 0 Å². The van der Waals surface area contributed by atoms with Crippen LogP contribution in [0.3, 0.4) is 0 Å². The number of anilines is 1. The molecule has 0 aliphatic heterocycles. The number of thiophene rings is 1. The Hall–Kier alpha value is -0.800. The highest BCUT2D eigenvalue weighted by molar-refractivity contribution is 7.17. The third-order valence-electron chi connectivity index (χ3n) is 2.14. The summed E-state index contributed by atoms with van der Waals surface area (Å²) in [5.41, 5.74) is 0. The number of nitrogens with zero attached hydrogens (tertiary/aromatic N) is 2. The SMILES string of the molecule is CN(CCCl)c1nccc2sccc12. The van der Waals surface area contributed by atoms with Gasteiger partial charge in [0.25, 0.3) is 0 Å². The molecule has 0 amide bonds. The highest BCUT2D eigenvalue weighted by Crippen LogP contribution is 2.27. The van der Waals surface area contributed by atoms with Gasteiger partial charge in [0.2, 0.25) is 0 Å². The fraction of sp³-hybridized carbons (Fsp3) is 0.300. The fourth-order valence-electron chi connectivity index (χ4n) is 1.42. The molecule has 0 N–H and O–H groups in total. The average molecular weight is 227 g/mol. The van der Waals surface area contributed by atoms with Crippen molar-refractivity contribution in [1.29, 1.82) is 0 Å². The van der Waals surface area contributed by atoms with Gasteiger partial charge in [-0.05, 0) is 17.5 Å². The first-order valence-electron chi connectivity index (χ1n) is 4.42. The largest absolute Gasteiger partial charge is 0.358 e. The standard InChI is InChI=1S/C10H11ClN2S/c1-13(6-4-11)10-8-3-7-14-9(8)2-5-12-10/h2-3,5,7H,4,6H2,1H3. The van der Waals surface area contributed by atoms with E-state index in [0.717, 1.165) is 12.4 Å². The summed E-state index contributed by atoms with van der Waals surface area (Å²) < 4.78 is 1.27. The van der Waals surface area contributed by atoms with Gasteiger partial charge in [-0.2, -0.15) is 0 Å². The number of hydrogen-bond donors (Lipinski definition) is 0. The Labute approximate surface area is 92.1 Å². The van der Waals surface area contributed by atoms with Crippen molar-refractivity contribution >= 4 is 38.8 Å². The molecule has 2 rings (SSSR count). The Balaban J connectivity index is 2.45. The number of aromatic nitrogens is 1. The quantitative estimate of drug-likeness (QED) is 0.749. The molecule has 0 aliphatic carbocycles. The number of alkyl halides is 1. The van der Waals surface area contributed by atoms with Crippen molar-refractivity contribution < 1.29 is 0 Å². The van der Waals surface area contributed by atoms with Crippen molar-refractivity contribution in [3.8, 4) is 0 Å². The molecule has 0 saturated heterocycles. The maximum atomic E-state index is 5.70. The Bertz CT molecular complexity index is 427. The van der Waals surface area contributed by atoms with Crippen LogP contribution < -0.4 is 4.90 Å². The highest BCUT2D eigenvalue weighted by Gasteiger charge is 2.06. The number of hydrogen-bond acceptors (Lipinski definition) is 3. The van der Waals surface area contributed by atoms with Gasteiger partial charge < -0.3 is 4.90 Å². The first-order valence-corrected chi connectivity index (χ1v) is 5.83. The van der Waals surface area contributed by atoms with E-state index in [0.29, 0.717) is 5.88 Å². The monoisotopic (exact) mass is 226 g/mol. The molecule has 0 radical (unpaired) electrons. The van der Waals surface area contributed by atoms with Gasteiger partial charge in [-0.3, -0.25) is 0 Å². The summed E-state index contributed by atoms with van der Waals surface area (Å²) in [7, 11) is 2.02. The Kier molecular flexibility index (Phi) is 2.89. The van der Waals surface area contributed by atoms with Gasteiger partial charge in [-0.1, -0.05) is 0 Å². The molecule has 4 heteroatoms. The molecule has 2 aromatic heterocycles. The predicted molar refractivity (Wildman–Crippen MR) is 63.6 cm³/mol. The Morgan fingerprint density at radius 1 is 1.50 bits per heavy atom. The summed E-state index contributed by atoms with van der Waals surface area (Å²) in [6, 6.07) is 4.14. The van der Waals surface area contributed by atoms with Crippen LogP contribution in [0.5, 0.6) is 0 Å². The molecule has 2 heterocycles. The van der Waals surface area contributed by atoms with Gasteiger partial charge >= 0.3 is 0 Å². The molecule has 0 saturated carbocycles. The Morgan fingerprint density at radius 3 is 3.14 bits per heavy atom. The summed E-state index contributed by atoms with van der Waals surface area (Å²) in [6.07, 6.45) is 1.85. The lowest BCUT2D eigenvalue weighted by Gasteiger charge is -2.17. The highest BCUT2D eigenvalue weighted by atomic mass is 35.5. The molecule has 0 unspecified atom stereocenters.